The molecule has 1 amide bonds. The summed E-state index contributed by atoms with van der Waals surface area (Å²) in [5, 5.41) is 2.84. The van der Waals surface area contributed by atoms with Gasteiger partial charge >= 0.3 is 0 Å². The number of nitrogens with zero attached hydrogens (tertiary/aromatic N) is 2. The number of benzene rings is 1. The molecule has 7 nitrogen and oxygen atoms in total. The van der Waals surface area contributed by atoms with E-state index in [1.54, 1.807) is 12.1 Å². The monoisotopic (exact) mass is 390 g/mol. The Morgan fingerprint density at radius 3 is 2.44 bits per heavy atom. The van der Waals surface area contributed by atoms with Crippen molar-refractivity contribution in [2.24, 2.45) is 0 Å². The second-order valence-corrected chi connectivity index (χ2v) is 8.39. The Morgan fingerprint density at radius 1 is 1.15 bits per heavy atom. The number of nitrogens with one attached hydrogen (secondary N) is 1. The fraction of sp³-hybridized carbons (Fsp3) is 0.368. The maximum Gasteiger partial charge on any atom is 0.293 e. The summed E-state index contributed by atoms with van der Waals surface area (Å²) in [5.74, 6) is -0.168. The van der Waals surface area contributed by atoms with Crippen LogP contribution in [0.15, 0.2) is 53.6 Å². The average Bonchev–Trinajstić information content (AvgIpc) is 2.69. The first-order valence-electron chi connectivity index (χ1n) is 8.85. The molecule has 8 heteroatoms. The normalized spacial score (nSPS) is 16.7. The van der Waals surface area contributed by atoms with Crippen LogP contribution in [0.4, 0.5) is 5.69 Å². The van der Waals surface area contributed by atoms with E-state index < -0.39 is 10.0 Å². The predicted molar refractivity (Wildman–Crippen MR) is 101 cm³/mol. The van der Waals surface area contributed by atoms with E-state index >= 15 is 0 Å². The highest BCUT2D eigenvalue weighted by Gasteiger charge is 2.27. The van der Waals surface area contributed by atoms with Crippen molar-refractivity contribution in [3.8, 4) is 0 Å². The molecular weight excluding hydrogens is 366 g/mol. The molecule has 1 aromatic heterocycles. The van der Waals surface area contributed by atoms with Gasteiger partial charge in [-0.05, 0) is 24.3 Å². The first-order chi connectivity index (χ1) is 12.9. The van der Waals surface area contributed by atoms with Crippen LogP contribution >= 0.6 is 0 Å². The van der Waals surface area contributed by atoms with Crippen LogP contribution in [0.25, 0.3) is 0 Å². The second kappa shape index (κ2) is 8.16. The molecule has 1 atom stereocenters. The van der Waals surface area contributed by atoms with Crippen LogP contribution in [-0.4, -0.2) is 44.9 Å². The Balaban J connectivity index is 1.70. The van der Waals surface area contributed by atoms with Gasteiger partial charge in [0.05, 0.1) is 18.1 Å². The van der Waals surface area contributed by atoms with E-state index in [0.717, 1.165) is 5.69 Å². The van der Waals surface area contributed by atoms with E-state index in [1.165, 1.54) is 16.4 Å². The van der Waals surface area contributed by atoms with Crippen molar-refractivity contribution in [2.75, 3.05) is 31.6 Å². The molecule has 0 radical (unpaired) electrons. The number of amides is 1. The van der Waals surface area contributed by atoms with Crippen LogP contribution in [0.2, 0.25) is 0 Å². The molecule has 1 N–H and O–H groups in total. The van der Waals surface area contributed by atoms with Gasteiger partial charge in [-0.3, -0.25) is 4.79 Å². The zero-order valence-corrected chi connectivity index (χ0v) is 16.3. The number of aromatic nitrogens is 1. The molecule has 1 saturated heterocycles. The Hall–Kier alpha value is -2.29. The maximum atomic E-state index is 12.6. The lowest BCUT2D eigenvalue weighted by Gasteiger charge is -2.26. The Labute approximate surface area is 159 Å². The van der Waals surface area contributed by atoms with Crippen molar-refractivity contribution < 1.29 is 22.5 Å². The van der Waals surface area contributed by atoms with Gasteiger partial charge in [0.25, 0.3) is 5.91 Å². The summed E-state index contributed by atoms with van der Waals surface area (Å²) in [6.07, 6.45) is 1.86. The lowest BCUT2D eigenvalue weighted by Crippen LogP contribution is -2.46. The minimum Gasteiger partial charge on any atom is -0.379 e. The van der Waals surface area contributed by atoms with Gasteiger partial charge in [-0.2, -0.15) is 8.87 Å². The van der Waals surface area contributed by atoms with Crippen LogP contribution in [-0.2, 0) is 19.6 Å². The molecule has 0 unspecified atom stereocenters. The number of aryl methyl sites for hydroxylation is 1. The van der Waals surface area contributed by atoms with Gasteiger partial charge in [-0.1, -0.05) is 6.07 Å². The standard InChI is InChI=1S/C19H23N3O4S/c1-15-5-3-4-10-22(15)16(2)19(23)20-17-6-8-18(9-7-17)27(24,25)21-11-13-26-14-12-21/h3-10,16H,11-14H2,1-2H3/p+1/t16-/m1/s1. The van der Waals surface area contributed by atoms with Crippen LogP contribution in [0.1, 0.15) is 18.7 Å². The number of hydrogen-bond donors (Lipinski definition) is 1. The molecule has 0 saturated carbocycles. The number of rotatable bonds is 5. The molecule has 1 aliphatic rings. The number of ether oxygens (including phenoxy) is 1. The number of carbonyl (C=O) groups excluding carboxylic acids is 1. The predicted octanol–water partition coefficient (Wildman–Crippen LogP) is 1.50. The molecule has 3 rings (SSSR count). The minimum atomic E-state index is -3.54. The topological polar surface area (TPSA) is 79.6 Å². The molecular formula is C19H24N3O4S+. The maximum absolute atomic E-state index is 12.6. The van der Waals surface area contributed by atoms with Crippen molar-refractivity contribution in [1.82, 2.24) is 4.31 Å². The second-order valence-electron chi connectivity index (χ2n) is 6.46. The molecule has 2 aromatic rings. The van der Waals surface area contributed by atoms with Gasteiger partial charge in [0.15, 0.2) is 11.9 Å². The molecule has 1 aliphatic heterocycles. The lowest BCUT2D eigenvalue weighted by atomic mass is 10.2. The Bertz CT molecular complexity index is 907. The molecule has 27 heavy (non-hydrogen) atoms. The summed E-state index contributed by atoms with van der Waals surface area (Å²) in [5.41, 5.74) is 1.54. The highest BCUT2D eigenvalue weighted by atomic mass is 32.2. The van der Waals surface area contributed by atoms with Gasteiger partial charge in [-0.15, -0.1) is 0 Å². The van der Waals surface area contributed by atoms with Crippen LogP contribution in [0.3, 0.4) is 0 Å². The van der Waals surface area contributed by atoms with E-state index in [9.17, 15) is 13.2 Å². The van der Waals surface area contributed by atoms with Gasteiger partial charge in [0, 0.05) is 44.8 Å². The molecule has 2 heterocycles. The highest BCUT2D eigenvalue weighted by Crippen LogP contribution is 2.19. The van der Waals surface area contributed by atoms with Crippen molar-refractivity contribution in [3.63, 3.8) is 0 Å². The smallest absolute Gasteiger partial charge is 0.293 e. The highest BCUT2D eigenvalue weighted by molar-refractivity contribution is 7.89. The zero-order chi connectivity index (χ0) is 19.4. The SMILES string of the molecule is Cc1cccc[n+]1[C@H](C)C(=O)Nc1ccc(S(=O)(=O)N2CCOCC2)cc1. The van der Waals surface area contributed by atoms with Crippen LogP contribution in [0.5, 0.6) is 0 Å². The van der Waals surface area contributed by atoms with Gasteiger partial charge < -0.3 is 10.1 Å². The number of anilines is 1. The van der Waals surface area contributed by atoms with Crippen molar-refractivity contribution in [1.29, 1.82) is 0 Å². The summed E-state index contributed by atoms with van der Waals surface area (Å²) >= 11 is 0. The van der Waals surface area contributed by atoms with E-state index in [4.69, 9.17) is 4.74 Å². The summed E-state index contributed by atoms with van der Waals surface area (Å²) < 4.78 is 33.8. The third-order valence-corrected chi connectivity index (χ3v) is 6.54. The Morgan fingerprint density at radius 2 is 1.81 bits per heavy atom. The number of morpholine rings is 1. The Kier molecular flexibility index (Phi) is 5.88. The third kappa shape index (κ3) is 4.35. The van der Waals surface area contributed by atoms with Gasteiger partial charge in [0.2, 0.25) is 16.1 Å². The molecule has 1 fully saturated rings. The summed E-state index contributed by atoms with van der Waals surface area (Å²) in [4.78, 5) is 12.7. The third-order valence-electron chi connectivity index (χ3n) is 4.63. The zero-order valence-electron chi connectivity index (χ0n) is 15.5. The van der Waals surface area contributed by atoms with Gasteiger partial charge in [0.1, 0.15) is 0 Å². The molecule has 1 aromatic carbocycles. The number of hydrogen-bond acceptors (Lipinski definition) is 4. The number of pyridine rings is 1. The summed E-state index contributed by atoms with van der Waals surface area (Å²) in [6.45, 7) is 5.27. The quantitative estimate of drug-likeness (QED) is 0.785. The van der Waals surface area contributed by atoms with E-state index in [-0.39, 0.29) is 16.8 Å². The lowest BCUT2D eigenvalue weighted by molar-refractivity contribution is -0.711. The molecule has 0 bridgehead atoms. The number of sulfonamides is 1. The molecule has 0 spiro atoms. The van der Waals surface area contributed by atoms with Crippen LogP contribution in [0, 0.1) is 6.92 Å². The van der Waals surface area contributed by atoms with Crippen molar-refractivity contribution in [2.45, 2.75) is 24.8 Å². The van der Waals surface area contributed by atoms with Crippen molar-refractivity contribution >= 4 is 21.6 Å². The summed E-state index contributed by atoms with van der Waals surface area (Å²) in [6, 6.07) is 11.6. The van der Waals surface area contributed by atoms with E-state index in [1.807, 2.05) is 42.8 Å². The van der Waals surface area contributed by atoms with Crippen molar-refractivity contribution in [3.05, 3.63) is 54.4 Å². The fourth-order valence-electron chi connectivity index (χ4n) is 2.99. The van der Waals surface area contributed by atoms with Gasteiger partial charge in [-0.25, -0.2) is 8.42 Å². The van der Waals surface area contributed by atoms with E-state index in [0.29, 0.717) is 32.0 Å². The minimum absolute atomic E-state index is 0.168. The largest absolute Gasteiger partial charge is 0.379 e. The fourth-order valence-corrected chi connectivity index (χ4v) is 4.40. The molecule has 144 valence electrons. The number of carbonyl (C=O) groups is 1. The summed E-state index contributed by atoms with van der Waals surface area (Å²) in [7, 11) is -3.54. The van der Waals surface area contributed by atoms with E-state index in [2.05, 4.69) is 5.32 Å². The first-order valence-corrected chi connectivity index (χ1v) is 10.3. The molecule has 0 aliphatic carbocycles. The van der Waals surface area contributed by atoms with Crippen LogP contribution < -0.4 is 9.88 Å². The average molecular weight is 390 g/mol. The first kappa shape index (κ1) is 19.5.